The minimum atomic E-state index is -0.886. The standard InChI is InChI=1S/C11H8O2S.C2H6/c12-11(13)9-5-3-8(4-6-9)10-2-1-7-14-10;1-2/h1-7H,(H,12,13);1-2H3. The Balaban J connectivity index is 0.000000606. The van der Waals surface area contributed by atoms with Gasteiger partial charge < -0.3 is 5.11 Å². The van der Waals surface area contributed by atoms with Crippen LogP contribution in [0.4, 0.5) is 0 Å². The van der Waals surface area contributed by atoms with Crippen molar-refractivity contribution in [2.24, 2.45) is 0 Å². The van der Waals surface area contributed by atoms with Crippen LogP contribution in [0.3, 0.4) is 0 Å². The average molecular weight is 234 g/mol. The molecule has 0 atom stereocenters. The molecule has 0 aliphatic carbocycles. The van der Waals surface area contributed by atoms with E-state index in [1.54, 1.807) is 23.5 Å². The maximum atomic E-state index is 10.6. The van der Waals surface area contributed by atoms with Crippen LogP contribution in [0, 0.1) is 0 Å². The van der Waals surface area contributed by atoms with Gasteiger partial charge in [0.1, 0.15) is 0 Å². The van der Waals surface area contributed by atoms with Crippen LogP contribution in [0.1, 0.15) is 24.2 Å². The summed E-state index contributed by atoms with van der Waals surface area (Å²) in [5.74, 6) is -0.886. The lowest BCUT2D eigenvalue weighted by Gasteiger charge is -1.97. The van der Waals surface area contributed by atoms with Crippen LogP contribution in [-0.2, 0) is 0 Å². The van der Waals surface area contributed by atoms with E-state index in [4.69, 9.17) is 5.11 Å². The van der Waals surface area contributed by atoms with Gasteiger partial charge in [-0.15, -0.1) is 11.3 Å². The van der Waals surface area contributed by atoms with E-state index in [1.165, 1.54) is 0 Å². The monoisotopic (exact) mass is 234 g/mol. The second-order valence-electron chi connectivity index (χ2n) is 2.86. The van der Waals surface area contributed by atoms with Gasteiger partial charge in [-0.3, -0.25) is 0 Å². The Morgan fingerprint density at radius 1 is 1.12 bits per heavy atom. The maximum absolute atomic E-state index is 10.6. The Hall–Kier alpha value is -1.61. The van der Waals surface area contributed by atoms with Crippen molar-refractivity contribution in [3.8, 4) is 10.4 Å². The van der Waals surface area contributed by atoms with Crippen LogP contribution in [0.15, 0.2) is 41.8 Å². The molecule has 1 aromatic carbocycles. The van der Waals surface area contributed by atoms with Crippen molar-refractivity contribution < 1.29 is 9.90 Å². The molecule has 0 amide bonds. The van der Waals surface area contributed by atoms with Gasteiger partial charge in [0.25, 0.3) is 0 Å². The van der Waals surface area contributed by atoms with E-state index >= 15 is 0 Å². The zero-order chi connectivity index (χ0) is 12.0. The third kappa shape index (κ3) is 2.94. The summed E-state index contributed by atoms with van der Waals surface area (Å²) in [7, 11) is 0. The Kier molecular flexibility index (Phi) is 4.73. The third-order valence-corrected chi connectivity index (χ3v) is 2.86. The maximum Gasteiger partial charge on any atom is 0.335 e. The largest absolute Gasteiger partial charge is 0.478 e. The van der Waals surface area contributed by atoms with Gasteiger partial charge in [0.2, 0.25) is 0 Å². The first kappa shape index (κ1) is 12.5. The summed E-state index contributed by atoms with van der Waals surface area (Å²) in [5.41, 5.74) is 1.38. The average Bonchev–Trinajstić information content (AvgIpc) is 2.85. The van der Waals surface area contributed by atoms with Crippen LogP contribution in [0.25, 0.3) is 10.4 Å². The minimum Gasteiger partial charge on any atom is -0.478 e. The highest BCUT2D eigenvalue weighted by atomic mass is 32.1. The molecule has 0 saturated heterocycles. The first-order valence-corrected chi connectivity index (χ1v) is 6.02. The van der Waals surface area contributed by atoms with Gasteiger partial charge >= 0.3 is 5.97 Å². The van der Waals surface area contributed by atoms with Crippen LogP contribution in [-0.4, -0.2) is 11.1 Å². The number of benzene rings is 1. The molecule has 2 aromatic rings. The highest BCUT2D eigenvalue weighted by Gasteiger charge is 2.02. The fraction of sp³-hybridized carbons (Fsp3) is 0.154. The quantitative estimate of drug-likeness (QED) is 0.848. The van der Waals surface area contributed by atoms with Crippen molar-refractivity contribution in [1.82, 2.24) is 0 Å². The minimum absolute atomic E-state index is 0.324. The summed E-state index contributed by atoms with van der Waals surface area (Å²) in [5, 5.41) is 10.7. The summed E-state index contributed by atoms with van der Waals surface area (Å²) < 4.78 is 0. The second-order valence-corrected chi connectivity index (χ2v) is 3.81. The summed E-state index contributed by atoms with van der Waals surface area (Å²) in [6.07, 6.45) is 0. The van der Waals surface area contributed by atoms with E-state index in [9.17, 15) is 4.79 Å². The van der Waals surface area contributed by atoms with Gasteiger partial charge in [0.05, 0.1) is 5.56 Å². The van der Waals surface area contributed by atoms with Gasteiger partial charge in [-0.2, -0.15) is 0 Å². The van der Waals surface area contributed by atoms with Crippen LogP contribution < -0.4 is 0 Å². The normalized spacial score (nSPS) is 9.12. The molecule has 1 heterocycles. The molecular formula is C13H14O2S. The molecule has 0 unspecified atom stereocenters. The fourth-order valence-corrected chi connectivity index (χ4v) is 1.95. The molecule has 0 fully saturated rings. The SMILES string of the molecule is CC.O=C(O)c1ccc(-c2cccs2)cc1. The molecular weight excluding hydrogens is 220 g/mol. The zero-order valence-corrected chi connectivity index (χ0v) is 10.1. The van der Waals surface area contributed by atoms with Gasteiger partial charge in [0.15, 0.2) is 0 Å². The molecule has 2 rings (SSSR count). The van der Waals surface area contributed by atoms with Gasteiger partial charge in [0, 0.05) is 4.88 Å². The molecule has 0 spiro atoms. The summed E-state index contributed by atoms with van der Waals surface area (Å²) >= 11 is 1.64. The number of carboxylic acid groups (broad SMARTS) is 1. The van der Waals surface area contributed by atoms with Gasteiger partial charge in [-0.05, 0) is 29.1 Å². The molecule has 3 heteroatoms. The highest BCUT2D eigenvalue weighted by molar-refractivity contribution is 7.13. The molecule has 2 nitrogen and oxygen atoms in total. The first-order valence-electron chi connectivity index (χ1n) is 5.14. The van der Waals surface area contributed by atoms with Gasteiger partial charge in [-0.1, -0.05) is 32.0 Å². The Morgan fingerprint density at radius 3 is 2.19 bits per heavy atom. The summed E-state index contributed by atoms with van der Waals surface area (Å²) in [4.78, 5) is 11.8. The van der Waals surface area contributed by atoms with Crippen LogP contribution in [0.2, 0.25) is 0 Å². The van der Waals surface area contributed by atoms with Crippen molar-refractivity contribution in [2.45, 2.75) is 13.8 Å². The predicted octanol–water partition coefficient (Wildman–Crippen LogP) is 4.14. The van der Waals surface area contributed by atoms with Crippen LogP contribution in [0.5, 0.6) is 0 Å². The number of carbonyl (C=O) groups is 1. The number of aromatic carboxylic acids is 1. The van der Waals surface area contributed by atoms with E-state index in [0.29, 0.717) is 5.56 Å². The lowest BCUT2D eigenvalue weighted by atomic mass is 10.1. The molecule has 0 aliphatic heterocycles. The number of hydrogen-bond acceptors (Lipinski definition) is 2. The summed E-state index contributed by atoms with van der Waals surface area (Å²) in [6.45, 7) is 4.00. The van der Waals surface area contributed by atoms with Crippen molar-refractivity contribution in [3.05, 3.63) is 47.3 Å². The molecule has 1 N–H and O–H groups in total. The zero-order valence-electron chi connectivity index (χ0n) is 9.31. The molecule has 1 aromatic heterocycles. The first-order chi connectivity index (χ1) is 7.77. The topological polar surface area (TPSA) is 37.3 Å². The second kappa shape index (κ2) is 6.08. The number of hydrogen-bond donors (Lipinski definition) is 1. The van der Waals surface area contributed by atoms with Crippen molar-refractivity contribution in [3.63, 3.8) is 0 Å². The number of rotatable bonds is 2. The van der Waals surface area contributed by atoms with E-state index in [0.717, 1.165) is 10.4 Å². The van der Waals surface area contributed by atoms with Crippen molar-refractivity contribution in [1.29, 1.82) is 0 Å². The van der Waals surface area contributed by atoms with Crippen molar-refractivity contribution >= 4 is 17.3 Å². The van der Waals surface area contributed by atoms with E-state index < -0.39 is 5.97 Å². The molecule has 0 radical (unpaired) electrons. The fourth-order valence-electron chi connectivity index (χ4n) is 1.22. The van der Waals surface area contributed by atoms with E-state index in [-0.39, 0.29) is 0 Å². The number of carboxylic acids is 1. The molecule has 0 saturated carbocycles. The van der Waals surface area contributed by atoms with E-state index in [1.807, 2.05) is 43.5 Å². The van der Waals surface area contributed by atoms with Gasteiger partial charge in [-0.25, -0.2) is 4.79 Å². The molecule has 16 heavy (non-hydrogen) atoms. The van der Waals surface area contributed by atoms with E-state index in [2.05, 4.69) is 0 Å². The van der Waals surface area contributed by atoms with Crippen molar-refractivity contribution in [2.75, 3.05) is 0 Å². The Bertz CT molecular complexity index is 429. The Morgan fingerprint density at radius 2 is 1.75 bits per heavy atom. The smallest absolute Gasteiger partial charge is 0.335 e. The Labute approximate surface area is 99.2 Å². The molecule has 0 aliphatic rings. The predicted molar refractivity (Wildman–Crippen MR) is 68.1 cm³/mol. The highest BCUT2D eigenvalue weighted by Crippen LogP contribution is 2.24. The molecule has 84 valence electrons. The number of thiophene rings is 1. The lowest BCUT2D eigenvalue weighted by molar-refractivity contribution is 0.0697. The molecule has 0 bridgehead atoms. The van der Waals surface area contributed by atoms with Crippen LogP contribution >= 0.6 is 11.3 Å². The summed E-state index contributed by atoms with van der Waals surface area (Å²) in [6, 6.07) is 10.9. The lowest BCUT2D eigenvalue weighted by Crippen LogP contribution is -1.94. The third-order valence-electron chi connectivity index (χ3n) is 1.94.